The van der Waals surface area contributed by atoms with Gasteiger partial charge in [0, 0.05) is 0 Å². The summed E-state index contributed by atoms with van der Waals surface area (Å²) < 4.78 is 0. The Kier molecular flexibility index (Phi) is 2.83. The van der Waals surface area contributed by atoms with Crippen molar-refractivity contribution in [2.75, 3.05) is 0 Å². The molecule has 11 heavy (non-hydrogen) atoms. The van der Waals surface area contributed by atoms with Crippen LogP contribution in [0.25, 0.3) is 10.8 Å². The number of rotatable bonds is 0. The van der Waals surface area contributed by atoms with Gasteiger partial charge in [0.25, 0.3) is 0 Å². The van der Waals surface area contributed by atoms with Crippen molar-refractivity contribution in [3.63, 3.8) is 0 Å². The molecular weight excluding hydrogens is 143 g/mol. The fourth-order valence-electron chi connectivity index (χ4n) is 1.31. The molecule has 1 heteroatoms. The van der Waals surface area contributed by atoms with Crippen LogP contribution in [0.3, 0.4) is 0 Å². The first-order chi connectivity index (χ1) is 4.86. The standard InChI is InChI=1S/C10H9.Na/c1-8-6-9-4-2-3-5-10(9)7-8;/h2-7H,1H3;/q-1;+1. The second-order valence-electron chi connectivity index (χ2n) is 2.66. The predicted octanol–water partition coefficient (Wildman–Crippen LogP) is -0.129. The maximum absolute atomic E-state index is 2.20. The zero-order chi connectivity index (χ0) is 6.97. The van der Waals surface area contributed by atoms with Crippen LogP contribution in [0.4, 0.5) is 0 Å². The van der Waals surface area contributed by atoms with Gasteiger partial charge in [-0.3, -0.25) is 0 Å². The number of hydrogen-bond donors (Lipinski definition) is 0. The monoisotopic (exact) mass is 152 g/mol. The first kappa shape index (κ1) is 8.92. The summed E-state index contributed by atoms with van der Waals surface area (Å²) in [7, 11) is 0. The Morgan fingerprint density at radius 3 is 2.64 bits per heavy atom. The SMILES string of the molecule is Cc1cc2ccccc2[cH-]1.[Na+]. The van der Waals surface area contributed by atoms with Crippen LogP contribution in [0.2, 0.25) is 0 Å². The van der Waals surface area contributed by atoms with Crippen molar-refractivity contribution in [1.82, 2.24) is 0 Å². The average molecular weight is 152 g/mol. The summed E-state index contributed by atoms with van der Waals surface area (Å²) >= 11 is 0. The summed E-state index contributed by atoms with van der Waals surface area (Å²) in [6.07, 6.45) is 0. The largest absolute Gasteiger partial charge is 1.00 e. The second kappa shape index (κ2) is 3.48. The van der Waals surface area contributed by atoms with Crippen LogP contribution in [-0.2, 0) is 0 Å². The van der Waals surface area contributed by atoms with E-state index in [9.17, 15) is 0 Å². The summed E-state index contributed by atoms with van der Waals surface area (Å²) in [5.74, 6) is 0. The molecule has 2 aromatic rings. The molecule has 0 fully saturated rings. The van der Waals surface area contributed by atoms with Gasteiger partial charge in [-0.2, -0.15) is 6.07 Å². The normalized spacial score (nSPS) is 9.55. The van der Waals surface area contributed by atoms with Gasteiger partial charge in [-0.05, 0) is 0 Å². The summed E-state index contributed by atoms with van der Waals surface area (Å²) in [5.41, 5.74) is 1.35. The van der Waals surface area contributed by atoms with Gasteiger partial charge in [0.2, 0.25) is 0 Å². The molecular formula is C10H9Na. The molecule has 0 aliphatic heterocycles. The molecule has 0 nitrogen and oxygen atoms in total. The molecule has 0 aromatic heterocycles. The number of fused-ring (bicyclic) bond motifs is 1. The van der Waals surface area contributed by atoms with E-state index in [0.29, 0.717) is 0 Å². The van der Waals surface area contributed by atoms with Gasteiger partial charge in [-0.1, -0.05) is 13.0 Å². The number of hydrogen-bond acceptors (Lipinski definition) is 0. The fraction of sp³-hybridized carbons (Fsp3) is 0.100. The maximum atomic E-state index is 2.20. The van der Waals surface area contributed by atoms with E-state index in [4.69, 9.17) is 0 Å². The van der Waals surface area contributed by atoms with E-state index in [-0.39, 0.29) is 29.6 Å². The Morgan fingerprint density at radius 2 is 1.91 bits per heavy atom. The molecule has 0 N–H and O–H groups in total. The molecule has 0 amide bonds. The summed E-state index contributed by atoms with van der Waals surface area (Å²) in [5, 5.41) is 2.69. The van der Waals surface area contributed by atoms with Gasteiger partial charge in [0.05, 0.1) is 0 Å². The molecule has 0 saturated heterocycles. The smallest absolute Gasteiger partial charge is 0.165 e. The number of benzene rings is 1. The molecule has 50 valence electrons. The fourth-order valence-corrected chi connectivity index (χ4v) is 1.31. The van der Waals surface area contributed by atoms with Crippen molar-refractivity contribution in [1.29, 1.82) is 0 Å². The molecule has 0 radical (unpaired) electrons. The van der Waals surface area contributed by atoms with Crippen LogP contribution in [-0.4, -0.2) is 0 Å². The summed E-state index contributed by atoms with van der Waals surface area (Å²) in [6.45, 7) is 2.12. The minimum atomic E-state index is 0. The Hall–Kier alpha value is -0.170. The minimum Gasteiger partial charge on any atom is -0.165 e. The van der Waals surface area contributed by atoms with Crippen molar-refractivity contribution < 1.29 is 29.6 Å². The van der Waals surface area contributed by atoms with Gasteiger partial charge in [0.1, 0.15) is 0 Å². The Balaban J connectivity index is 0.000000605. The van der Waals surface area contributed by atoms with E-state index >= 15 is 0 Å². The van der Waals surface area contributed by atoms with E-state index in [2.05, 4.69) is 43.3 Å². The molecule has 2 rings (SSSR count). The Labute approximate surface area is 88.9 Å². The molecule has 0 atom stereocenters. The van der Waals surface area contributed by atoms with Crippen LogP contribution in [0.15, 0.2) is 36.4 Å². The van der Waals surface area contributed by atoms with E-state index in [1.165, 1.54) is 16.3 Å². The minimum absolute atomic E-state index is 0. The molecule has 0 saturated carbocycles. The molecule has 0 heterocycles. The topological polar surface area (TPSA) is 0 Å². The maximum Gasteiger partial charge on any atom is 1.00 e. The van der Waals surface area contributed by atoms with E-state index in [1.807, 2.05) is 0 Å². The van der Waals surface area contributed by atoms with E-state index < -0.39 is 0 Å². The third-order valence-corrected chi connectivity index (χ3v) is 1.76. The van der Waals surface area contributed by atoms with Crippen molar-refractivity contribution in [3.8, 4) is 0 Å². The molecule has 0 aliphatic carbocycles. The van der Waals surface area contributed by atoms with Gasteiger partial charge in [0.15, 0.2) is 0 Å². The zero-order valence-electron chi connectivity index (χ0n) is 6.96. The zero-order valence-corrected chi connectivity index (χ0v) is 8.96. The molecule has 0 spiro atoms. The van der Waals surface area contributed by atoms with Crippen LogP contribution in [0, 0.1) is 6.92 Å². The van der Waals surface area contributed by atoms with E-state index in [0.717, 1.165) is 0 Å². The molecule has 0 aliphatic rings. The van der Waals surface area contributed by atoms with Gasteiger partial charge in [-0.25, -0.2) is 0 Å². The number of aryl methyl sites for hydroxylation is 1. The quantitative estimate of drug-likeness (QED) is 0.364. The van der Waals surface area contributed by atoms with Crippen molar-refractivity contribution in [2.24, 2.45) is 0 Å². The van der Waals surface area contributed by atoms with Gasteiger partial charge in [-0.15, -0.1) is 40.6 Å². The van der Waals surface area contributed by atoms with Crippen molar-refractivity contribution in [2.45, 2.75) is 6.92 Å². The van der Waals surface area contributed by atoms with Crippen LogP contribution in [0.5, 0.6) is 0 Å². The predicted molar refractivity (Wildman–Crippen MR) is 44.3 cm³/mol. The van der Waals surface area contributed by atoms with Gasteiger partial charge < -0.3 is 0 Å². The second-order valence-corrected chi connectivity index (χ2v) is 2.66. The van der Waals surface area contributed by atoms with E-state index in [1.54, 1.807) is 0 Å². The molecule has 2 aromatic carbocycles. The Bertz CT molecular complexity index is 313. The third kappa shape index (κ3) is 1.70. The molecule has 0 unspecified atom stereocenters. The molecule has 0 bridgehead atoms. The first-order valence-electron chi connectivity index (χ1n) is 3.48. The third-order valence-electron chi connectivity index (χ3n) is 1.76. The Morgan fingerprint density at radius 1 is 1.18 bits per heavy atom. The van der Waals surface area contributed by atoms with Crippen molar-refractivity contribution in [3.05, 3.63) is 42.0 Å². The summed E-state index contributed by atoms with van der Waals surface area (Å²) in [4.78, 5) is 0. The van der Waals surface area contributed by atoms with Crippen molar-refractivity contribution >= 4 is 10.8 Å². The van der Waals surface area contributed by atoms with Crippen LogP contribution >= 0.6 is 0 Å². The first-order valence-corrected chi connectivity index (χ1v) is 3.48. The van der Waals surface area contributed by atoms with Crippen LogP contribution in [0.1, 0.15) is 5.56 Å². The van der Waals surface area contributed by atoms with Crippen LogP contribution < -0.4 is 29.6 Å². The summed E-state index contributed by atoms with van der Waals surface area (Å²) in [6, 6.07) is 12.8. The van der Waals surface area contributed by atoms with Gasteiger partial charge >= 0.3 is 29.6 Å². The average Bonchev–Trinajstić information content (AvgIpc) is 2.27.